The fourth-order valence-electron chi connectivity index (χ4n) is 2.23. The molecule has 26 heavy (non-hydrogen) atoms. The van der Waals surface area contributed by atoms with Crippen molar-refractivity contribution in [3.05, 3.63) is 58.4 Å². The molecule has 0 aliphatic rings. The van der Waals surface area contributed by atoms with Crippen LogP contribution in [0, 0.1) is 12.7 Å². The number of hydrogen-bond donors (Lipinski definition) is 1. The highest BCUT2D eigenvalue weighted by molar-refractivity contribution is 6.31. The molecule has 2 rings (SSSR count). The van der Waals surface area contributed by atoms with E-state index in [0.717, 1.165) is 5.56 Å². The molecule has 1 atom stereocenters. The van der Waals surface area contributed by atoms with E-state index in [1.54, 1.807) is 19.1 Å². The van der Waals surface area contributed by atoms with E-state index in [1.807, 2.05) is 0 Å². The van der Waals surface area contributed by atoms with Crippen LogP contribution in [0.15, 0.2) is 36.4 Å². The molecular formula is C19H19ClFNO4. The summed E-state index contributed by atoms with van der Waals surface area (Å²) in [6, 6.07) is 8.76. The van der Waals surface area contributed by atoms with Gasteiger partial charge in [0.2, 0.25) is 0 Å². The number of anilines is 1. The molecule has 1 unspecified atom stereocenters. The summed E-state index contributed by atoms with van der Waals surface area (Å²) >= 11 is 6.03. The second-order valence-electron chi connectivity index (χ2n) is 5.73. The van der Waals surface area contributed by atoms with E-state index in [2.05, 4.69) is 5.32 Å². The van der Waals surface area contributed by atoms with Gasteiger partial charge in [-0.05, 0) is 43.2 Å². The molecule has 1 N–H and O–H groups in total. The van der Waals surface area contributed by atoms with Gasteiger partial charge in [0.15, 0.2) is 6.10 Å². The van der Waals surface area contributed by atoms with Crippen molar-refractivity contribution in [2.45, 2.75) is 26.4 Å². The highest BCUT2D eigenvalue weighted by Gasteiger charge is 2.20. The number of carbonyl (C=O) groups excluding carboxylic acids is 2. The number of benzene rings is 2. The predicted molar refractivity (Wildman–Crippen MR) is 97.0 cm³/mol. The van der Waals surface area contributed by atoms with Gasteiger partial charge in [-0.15, -0.1) is 0 Å². The molecule has 0 heterocycles. The molecule has 0 saturated heterocycles. The fraction of sp³-hybridized carbons (Fsp3) is 0.263. The maximum Gasteiger partial charge on any atom is 0.311 e. The first-order valence-electron chi connectivity index (χ1n) is 7.89. The molecule has 1 amide bonds. The van der Waals surface area contributed by atoms with Crippen molar-refractivity contribution >= 4 is 29.2 Å². The number of amides is 1. The van der Waals surface area contributed by atoms with Gasteiger partial charge >= 0.3 is 5.97 Å². The molecule has 7 heteroatoms. The molecule has 0 aliphatic heterocycles. The standard InChI is InChI=1S/C19H19ClFNO4/c1-11-8-16(17(25-3)10-15(11)20)22-19(24)12(2)26-18(23)9-13-4-6-14(21)7-5-13/h4-8,10,12H,9H2,1-3H3,(H,22,24). The zero-order valence-electron chi connectivity index (χ0n) is 14.6. The van der Waals surface area contributed by atoms with Gasteiger partial charge in [-0.2, -0.15) is 0 Å². The lowest BCUT2D eigenvalue weighted by Gasteiger charge is -2.16. The van der Waals surface area contributed by atoms with Gasteiger partial charge in [-0.1, -0.05) is 23.7 Å². The average molecular weight is 380 g/mol. The van der Waals surface area contributed by atoms with Gasteiger partial charge in [0.05, 0.1) is 19.2 Å². The number of halogens is 2. The number of ether oxygens (including phenoxy) is 2. The minimum atomic E-state index is -1.01. The largest absolute Gasteiger partial charge is 0.495 e. The first-order valence-corrected chi connectivity index (χ1v) is 8.27. The van der Waals surface area contributed by atoms with Crippen LogP contribution in [-0.4, -0.2) is 25.1 Å². The molecule has 0 bridgehead atoms. The Hall–Kier alpha value is -2.60. The van der Waals surface area contributed by atoms with Gasteiger partial charge in [0, 0.05) is 11.1 Å². The first-order chi connectivity index (χ1) is 12.3. The Morgan fingerprint density at radius 1 is 1.23 bits per heavy atom. The molecule has 5 nitrogen and oxygen atoms in total. The molecule has 2 aromatic carbocycles. The molecule has 0 radical (unpaired) electrons. The van der Waals surface area contributed by atoms with Crippen LogP contribution in [0.4, 0.5) is 10.1 Å². The topological polar surface area (TPSA) is 64.6 Å². The van der Waals surface area contributed by atoms with Gasteiger partial charge < -0.3 is 14.8 Å². The average Bonchev–Trinajstić information content (AvgIpc) is 2.59. The van der Waals surface area contributed by atoms with E-state index in [1.165, 1.54) is 38.3 Å². The van der Waals surface area contributed by atoms with Crippen LogP contribution in [0.1, 0.15) is 18.1 Å². The van der Waals surface area contributed by atoms with E-state index >= 15 is 0 Å². The summed E-state index contributed by atoms with van der Waals surface area (Å²) in [5.74, 6) is -1.07. The van der Waals surface area contributed by atoms with Crippen LogP contribution in [0.3, 0.4) is 0 Å². The summed E-state index contributed by atoms with van der Waals surface area (Å²) in [5.41, 5.74) is 1.79. The van der Waals surface area contributed by atoms with Crippen LogP contribution in [0.25, 0.3) is 0 Å². The Kier molecular flexibility index (Phi) is 6.58. The summed E-state index contributed by atoms with van der Waals surface area (Å²) in [6.45, 7) is 3.26. The number of hydrogen-bond acceptors (Lipinski definition) is 4. The minimum absolute atomic E-state index is 0.0543. The number of rotatable bonds is 6. The Labute approximate surface area is 156 Å². The third kappa shape index (κ3) is 5.20. The summed E-state index contributed by atoms with van der Waals surface area (Å²) in [4.78, 5) is 24.2. The molecule has 2 aromatic rings. The Morgan fingerprint density at radius 2 is 1.88 bits per heavy atom. The fourth-order valence-corrected chi connectivity index (χ4v) is 2.38. The second kappa shape index (κ2) is 8.67. The molecular weight excluding hydrogens is 361 g/mol. The molecule has 0 aromatic heterocycles. The smallest absolute Gasteiger partial charge is 0.311 e. The number of esters is 1. The summed E-state index contributed by atoms with van der Waals surface area (Å²) in [5, 5.41) is 3.17. The van der Waals surface area contributed by atoms with Crippen molar-refractivity contribution in [3.8, 4) is 5.75 Å². The van der Waals surface area contributed by atoms with E-state index < -0.39 is 18.0 Å². The lowest BCUT2D eigenvalue weighted by atomic mass is 10.1. The summed E-state index contributed by atoms with van der Waals surface area (Å²) < 4.78 is 23.2. The van der Waals surface area contributed by atoms with E-state index in [4.69, 9.17) is 21.1 Å². The lowest BCUT2D eigenvalue weighted by Crippen LogP contribution is -2.30. The molecule has 0 fully saturated rings. The second-order valence-corrected chi connectivity index (χ2v) is 6.13. The van der Waals surface area contributed by atoms with E-state index in [0.29, 0.717) is 22.0 Å². The van der Waals surface area contributed by atoms with Gasteiger partial charge in [0.25, 0.3) is 5.91 Å². The van der Waals surface area contributed by atoms with Crippen molar-refractivity contribution in [2.75, 3.05) is 12.4 Å². The zero-order chi connectivity index (χ0) is 19.3. The summed E-state index contributed by atoms with van der Waals surface area (Å²) in [7, 11) is 1.46. The zero-order valence-corrected chi connectivity index (χ0v) is 15.4. The Morgan fingerprint density at radius 3 is 2.50 bits per heavy atom. The summed E-state index contributed by atoms with van der Waals surface area (Å²) in [6.07, 6.45) is -1.06. The van der Waals surface area contributed by atoms with Crippen LogP contribution in [-0.2, 0) is 20.7 Å². The number of nitrogens with one attached hydrogen (secondary N) is 1. The number of carbonyl (C=O) groups is 2. The SMILES string of the molecule is COc1cc(Cl)c(C)cc1NC(=O)C(C)OC(=O)Cc1ccc(F)cc1. The quantitative estimate of drug-likeness (QED) is 0.773. The van der Waals surface area contributed by atoms with Crippen LogP contribution < -0.4 is 10.1 Å². The monoisotopic (exact) mass is 379 g/mol. The Bertz CT molecular complexity index is 808. The van der Waals surface area contributed by atoms with Crippen molar-refractivity contribution in [2.24, 2.45) is 0 Å². The third-order valence-corrected chi connectivity index (χ3v) is 4.08. The molecule has 0 spiro atoms. The number of methoxy groups -OCH3 is 1. The first kappa shape index (κ1) is 19.7. The van der Waals surface area contributed by atoms with Crippen molar-refractivity contribution in [3.63, 3.8) is 0 Å². The van der Waals surface area contributed by atoms with Crippen LogP contribution in [0.2, 0.25) is 5.02 Å². The van der Waals surface area contributed by atoms with Crippen LogP contribution in [0.5, 0.6) is 5.75 Å². The van der Waals surface area contributed by atoms with Crippen molar-refractivity contribution in [1.29, 1.82) is 0 Å². The lowest BCUT2D eigenvalue weighted by molar-refractivity contribution is -0.152. The molecule has 0 aliphatic carbocycles. The maximum atomic E-state index is 12.9. The predicted octanol–water partition coefficient (Wildman–Crippen LogP) is 3.91. The normalized spacial score (nSPS) is 11.6. The molecule has 138 valence electrons. The Balaban J connectivity index is 1.98. The van der Waals surface area contributed by atoms with Gasteiger partial charge in [-0.25, -0.2) is 4.39 Å². The maximum absolute atomic E-state index is 12.9. The van der Waals surface area contributed by atoms with Crippen molar-refractivity contribution < 1.29 is 23.5 Å². The van der Waals surface area contributed by atoms with E-state index in [9.17, 15) is 14.0 Å². The van der Waals surface area contributed by atoms with Gasteiger partial charge in [-0.3, -0.25) is 9.59 Å². The highest BCUT2D eigenvalue weighted by Crippen LogP contribution is 2.31. The van der Waals surface area contributed by atoms with Crippen molar-refractivity contribution in [1.82, 2.24) is 0 Å². The highest BCUT2D eigenvalue weighted by atomic mass is 35.5. The molecule has 0 saturated carbocycles. The van der Waals surface area contributed by atoms with Gasteiger partial charge in [0.1, 0.15) is 11.6 Å². The van der Waals surface area contributed by atoms with Crippen LogP contribution >= 0.6 is 11.6 Å². The van der Waals surface area contributed by atoms with E-state index in [-0.39, 0.29) is 12.2 Å². The minimum Gasteiger partial charge on any atom is -0.495 e. The number of aryl methyl sites for hydroxylation is 1. The third-order valence-electron chi connectivity index (χ3n) is 3.68.